The lowest BCUT2D eigenvalue weighted by Crippen LogP contribution is -2.36. The Balaban J connectivity index is 1.76. The second kappa shape index (κ2) is 5.94. The number of nitrogens with zero attached hydrogens (tertiary/aromatic N) is 2. The zero-order valence-corrected chi connectivity index (χ0v) is 14.1. The van der Waals surface area contributed by atoms with Crippen LogP contribution in [0.2, 0.25) is 10.0 Å². The van der Waals surface area contributed by atoms with E-state index >= 15 is 0 Å². The molecule has 0 aromatic heterocycles. The lowest BCUT2D eigenvalue weighted by Gasteiger charge is -2.17. The van der Waals surface area contributed by atoms with Crippen LogP contribution in [0.15, 0.2) is 18.2 Å². The van der Waals surface area contributed by atoms with E-state index in [1.54, 1.807) is 6.07 Å². The number of rotatable bonds is 3. The van der Waals surface area contributed by atoms with Crippen LogP contribution in [0.3, 0.4) is 0 Å². The molecule has 1 atom stereocenters. The molecule has 0 bridgehead atoms. The van der Waals surface area contributed by atoms with Crippen molar-refractivity contribution in [1.29, 1.82) is 0 Å². The van der Waals surface area contributed by atoms with Crippen LogP contribution < -0.4 is 0 Å². The lowest BCUT2D eigenvalue weighted by molar-refractivity contribution is -0.129. The predicted molar refractivity (Wildman–Crippen MR) is 82.2 cm³/mol. The van der Waals surface area contributed by atoms with Gasteiger partial charge in [0.15, 0.2) is 6.73 Å². The van der Waals surface area contributed by atoms with Gasteiger partial charge in [-0.05, 0) is 25.0 Å². The second-order valence-corrected chi connectivity index (χ2v) is 7.74. The van der Waals surface area contributed by atoms with Crippen molar-refractivity contribution >= 4 is 45.3 Å². The molecule has 2 aliphatic heterocycles. The number of esters is 1. The Morgan fingerprint density at radius 2 is 1.96 bits per heavy atom. The van der Waals surface area contributed by atoms with Crippen LogP contribution in [0.25, 0.3) is 0 Å². The molecule has 1 unspecified atom stereocenters. The Hall–Kier alpha value is -1.35. The van der Waals surface area contributed by atoms with Crippen LogP contribution in [0, 0.1) is 0 Å². The summed E-state index contributed by atoms with van der Waals surface area (Å²) in [5, 5.41) is 0.164. The molecule has 7 nitrogen and oxygen atoms in total. The smallest absolute Gasteiger partial charge is 0.342 e. The highest BCUT2D eigenvalue weighted by Gasteiger charge is 2.52. The normalized spacial score (nSPS) is 23.1. The third-order valence-electron chi connectivity index (χ3n) is 3.79. The molecule has 10 heteroatoms. The third-order valence-corrected chi connectivity index (χ3v) is 6.29. The molecule has 1 aromatic carbocycles. The monoisotopic (exact) mass is 378 g/mol. The molecule has 1 aromatic rings. The number of carbonyl (C=O) groups is 2. The standard InChI is InChI=1S/C13H12Cl2N2O5S/c14-8-3-1-4-9(15)11(8)13(19)22-7-17-12(18)10-5-2-6-16(10)23(17,20)21/h1,3-4,10H,2,5-7H2. The summed E-state index contributed by atoms with van der Waals surface area (Å²) < 4.78 is 31.1. The van der Waals surface area contributed by atoms with Crippen molar-refractivity contribution < 1.29 is 22.7 Å². The van der Waals surface area contributed by atoms with E-state index in [1.165, 1.54) is 12.1 Å². The number of hydrogen-bond donors (Lipinski definition) is 0. The van der Waals surface area contributed by atoms with E-state index in [9.17, 15) is 18.0 Å². The summed E-state index contributed by atoms with van der Waals surface area (Å²) in [6, 6.07) is 3.78. The van der Waals surface area contributed by atoms with Gasteiger partial charge in [-0.1, -0.05) is 29.3 Å². The molecule has 0 saturated carbocycles. The van der Waals surface area contributed by atoms with Gasteiger partial charge in [-0.2, -0.15) is 17.0 Å². The van der Waals surface area contributed by atoms with Gasteiger partial charge in [0.05, 0.1) is 15.6 Å². The summed E-state index contributed by atoms with van der Waals surface area (Å²) in [6.45, 7) is -0.409. The van der Waals surface area contributed by atoms with E-state index in [0.717, 1.165) is 4.31 Å². The predicted octanol–water partition coefficient (Wildman–Crippen LogP) is 1.66. The number of hydrogen-bond acceptors (Lipinski definition) is 5. The van der Waals surface area contributed by atoms with Crippen LogP contribution in [-0.4, -0.2) is 48.2 Å². The summed E-state index contributed by atoms with van der Waals surface area (Å²) in [5.74, 6) is -1.48. The van der Waals surface area contributed by atoms with E-state index in [0.29, 0.717) is 23.7 Å². The van der Waals surface area contributed by atoms with Crippen molar-refractivity contribution in [1.82, 2.24) is 8.61 Å². The molecule has 0 N–H and O–H groups in total. The maximum atomic E-state index is 12.3. The molecule has 124 valence electrons. The third kappa shape index (κ3) is 2.69. The Labute approximate surface area is 142 Å². The van der Waals surface area contributed by atoms with Crippen molar-refractivity contribution in [3.8, 4) is 0 Å². The first kappa shape index (κ1) is 16.5. The molecule has 0 radical (unpaired) electrons. The maximum Gasteiger partial charge on any atom is 0.342 e. The molecule has 2 heterocycles. The van der Waals surface area contributed by atoms with Gasteiger partial charge >= 0.3 is 16.2 Å². The average Bonchev–Trinajstić information content (AvgIpc) is 3.02. The quantitative estimate of drug-likeness (QED) is 0.746. The average molecular weight is 379 g/mol. The highest BCUT2D eigenvalue weighted by molar-refractivity contribution is 7.87. The van der Waals surface area contributed by atoms with Crippen LogP contribution in [0.1, 0.15) is 23.2 Å². The van der Waals surface area contributed by atoms with Gasteiger partial charge in [0.1, 0.15) is 6.04 Å². The first-order valence-corrected chi connectivity index (χ1v) is 8.94. The highest BCUT2D eigenvalue weighted by Crippen LogP contribution is 2.32. The molecule has 3 rings (SSSR count). The highest BCUT2D eigenvalue weighted by atomic mass is 35.5. The Morgan fingerprint density at radius 1 is 1.30 bits per heavy atom. The van der Waals surface area contributed by atoms with E-state index < -0.39 is 34.9 Å². The largest absolute Gasteiger partial charge is 0.439 e. The molecular weight excluding hydrogens is 367 g/mol. The number of ether oxygens (including phenoxy) is 1. The number of carbonyl (C=O) groups excluding carboxylic acids is 2. The van der Waals surface area contributed by atoms with Crippen LogP contribution in [-0.2, 0) is 19.7 Å². The molecule has 0 spiro atoms. The van der Waals surface area contributed by atoms with Crippen molar-refractivity contribution in [3.05, 3.63) is 33.8 Å². The fraction of sp³-hybridized carbons (Fsp3) is 0.385. The van der Waals surface area contributed by atoms with Gasteiger partial charge in [0.25, 0.3) is 5.91 Å². The molecule has 23 heavy (non-hydrogen) atoms. The van der Waals surface area contributed by atoms with Crippen LogP contribution >= 0.6 is 23.2 Å². The first-order chi connectivity index (χ1) is 10.8. The van der Waals surface area contributed by atoms with Gasteiger partial charge in [0, 0.05) is 6.54 Å². The number of benzene rings is 1. The van der Waals surface area contributed by atoms with Crippen molar-refractivity contribution in [2.45, 2.75) is 18.9 Å². The van der Waals surface area contributed by atoms with E-state index in [4.69, 9.17) is 27.9 Å². The van der Waals surface area contributed by atoms with Crippen molar-refractivity contribution in [3.63, 3.8) is 0 Å². The topological polar surface area (TPSA) is 84.0 Å². The SMILES string of the molecule is O=C(OCN1C(=O)C2CCCN2S1(=O)=O)c1c(Cl)cccc1Cl. The summed E-state index contributed by atoms with van der Waals surface area (Å²) >= 11 is 11.8. The summed E-state index contributed by atoms with van der Waals surface area (Å²) in [7, 11) is -3.94. The molecular formula is C13H12Cl2N2O5S. The van der Waals surface area contributed by atoms with Gasteiger partial charge in [-0.25, -0.2) is 4.79 Å². The van der Waals surface area contributed by atoms with Crippen molar-refractivity contribution in [2.75, 3.05) is 13.3 Å². The minimum Gasteiger partial charge on any atom is -0.439 e. The molecule has 1 amide bonds. The fourth-order valence-electron chi connectivity index (χ4n) is 2.68. The lowest BCUT2D eigenvalue weighted by atomic mass is 10.2. The Bertz CT molecular complexity index is 762. The zero-order valence-electron chi connectivity index (χ0n) is 11.7. The van der Waals surface area contributed by atoms with E-state index in [-0.39, 0.29) is 15.6 Å². The summed E-state index contributed by atoms with van der Waals surface area (Å²) in [4.78, 5) is 24.2. The zero-order chi connectivity index (χ0) is 16.8. The molecule has 0 aliphatic carbocycles. The number of halogens is 2. The van der Waals surface area contributed by atoms with Gasteiger partial charge in [-0.15, -0.1) is 0 Å². The number of fused-ring (bicyclic) bond motifs is 1. The second-order valence-electron chi connectivity index (χ2n) is 5.12. The van der Waals surface area contributed by atoms with E-state index in [2.05, 4.69) is 0 Å². The number of amides is 1. The van der Waals surface area contributed by atoms with Crippen molar-refractivity contribution in [2.24, 2.45) is 0 Å². The Kier molecular flexibility index (Phi) is 4.26. The Morgan fingerprint density at radius 3 is 2.57 bits per heavy atom. The fourth-order valence-corrected chi connectivity index (χ4v) is 4.90. The molecule has 2 saturated heterocycles. The van der Waals surface area contributed by atoms with Gasteiger partial charge in [-0.3, -0.25) is 4.79 Å². The van der Waals surface area contributed by atoms with Crippen LogP contribution in [0.5, 0.6) is 0 Å². The molecule has 2 fully saturated rings. The summed E-state index contributed by atoms with van der Waals surface area (Å²) in [5.41, 5.74) is -0.0691. The first-order valence-electron chi connectivity index (χ1n) is 6.78. The minimum atomic E-state index is -3.94. The molecule has 2 aliphatic rings. The maximum absolute atomic E-state index is 12.3. The van der Waals surface area contributed by atoms with E-state index in [1.807, 2.05) is 0 Å². The minimum absolute atomic E-state index is 0.0691. The summed E-state index contributed by atoms with van der Waals surface area (Å²) in [6.07, 6.45) is 1.11. The van der Waals surface area contributed by atoms with Gasteiger partial charge in [0.2, 0.25) is 0 Å². The van der Waals surface area contributed by atoms with Gasteiger partial charge < -0.3 is 4.74 Å². The van der Waals surface area contributed by atoms with Crippen LogP contribution in [0.4, 0.5) is 0 Å².